The van der Waals surface area contributed by atoms with Gasteiger partial charge in [0.05, 0.1) is 0 Å². The number of hydrogen-bond acceptors (Lipinski definition) is 1. The van der Waals surface area contributed by atoms with Gasteiger partial charge in [0.1, 0.15) is 0 Å². The van der Waals surface area contributed by atoms with E-state index in [0.717, 1.165) is 0 Å². The van der Waals surface area contributed by atoms with E-state index in [1.54, 1.807) is 44.9 Å². The van der Waals surface area contributed by atoms with Crippen molar-refractivity contribution in [2.24, 2.45) is 16.2 Å². The van der Waals surface area contributed by atoms with E-state index in [0.29, 0.717) is 16.2 Å². The number of hydrogen-bond donors (Lipinski definition) is 1. The average molecular weight is 498 g/mol. The van der Waals surface area contributed by atoms with Gasteiger partial charge in [-0.1, -0.05) is 89.2 Å². The van der Waals surface area contributed by atoms with Crippen molar-refractivity contribution in [1.29, 1.82) is 0 Å². The van der Waals surface area contributed by atoms with Gasteiger partial charge in [-0.2, -0.15) is 0 Å². The molecule has 1 saturated heterocycles. The lowest BCUT2D eigenvalue weighted by molar-refractivity contribution is 0.0473. The van der Waals surface area contributed by atoms with E-state index in [2.05, 4.69) is 17.5 Å². The highest BCUT2D eigenvalue weighted by Gasteiger charge is 2.42. The summed E-state index contributed by atoms with van der Waals surface area (Å²) in [6.45, 7) is 2.54. The fourth-order valence-corrected chi connectivity index (χ4v) is 9.24. The van der Waals surface area contributed by atoms with Crippen molar-refractivity contribution in [2.75, 3.05) is 13.1 Å². The van der Waals surface area contributed by atoms with E-state index >= 15 is 0 Å². The third-order valence-corrected chi connectivity index (χ3v) is 11.5. The molecule has 2 unspecified atom stereocenters. The lowest BCUT2D eigenvalue weighted by atomic mass is 9.59. The summed E-state index contributed by atoms with van der Waals surface area (Å²) in [5.41, 5.74) is 1.94. The number of nitrogens with one attached hydrogen (secondary N) is 1. The molecule has 4 aliphatic rings. The molecule has 1 heterocycles. The minimum Gasteiger partial charge on any atom is -0.317 e. The molecule has 0 aromatic heterocycles. The predicted molar refractivity (Wildman–Crippen MR) is 159 cm³/mol. The molecule has 208 valence electrons. The Morgan fingerprint density at radius 3 is 1.47 bits per heavy atom. The van der Waals surface area contributed by atoms with Crippen LogP contribution in [0.1, 0.15) is 180 Å². The van der Waals surface area contributed by atoms with Crippen LogP contribution in [0.2, 0.25) is 0 Å². The van der Waals surface area contributed by atoms with E-state index in [9.17, 15) is 0 Å². The first kappa shape index (κ1) is 28.7. The Bertz CT molecular complexity index is 612. The summed E-state index contributed by atoms with van der Waals surface area (Å²) < 4.78 is 0. The maximum Gasteiger partial charge on any atom is -0.00436 e. The SMILES string of the molecule is C1=CCCCC2(CCCC1)CCNCCCCC1(CCCCCC3(CCCCCCCCC3)CC1)C2. The second-order valence-corrected chi connectivity index (χ2v) is 14.3. The van der Waals surface area contributed by atoms with Gasteiger partial charge < -0.3 is 5.32 Å². The zero-order valence-corrected chi connectivity index (χ0v) is 24.4. The molecule has 3 fully saturated rings. The molecule has 1 heteroatoms. The van der Waals surface area contributed by atoms with Crippen molar-refractivity contribution in [3.8, 4) is 0 Å². The minimum absolute atomic E-state index is 0.604. The van der Waals surface area contributed by atoms with Crippen LogP contribution in [0.3, 0.4) is 0 Å². The lowest BCUT2D eigenvalue weighted by Crippen LogP contribution is -2.37. The minimum atomic E-state index is 0.604. The number of rotatable bonds is 0. The summed E-state index contributed by atoms with van der Waals surface area (Å²) in [6.07, 6.45) is 46.9. The average Bonchev–Trinajstić information content (AvgIpc) is 2.97. The standard InChI is InChI=1S/C35H63N/c1-3-7-12-20-33(21-13-8-4-1)22-16-11-17-23-34(28-27-33)26-18-19-30-36-31-29-35(32-34)24-14-9-5-2-6-10-15-25-35/h2,5,36H,1,3-4,6-32H2. The van der Waals surface area contributed by atoms with Gasteiger partial charge in [0.25, 0.3) is 0 Å². The molecule has 3 aliphatic carbocycles. The van der Waals surface area contributed by atoms with Crippen molar-refractivity contribution in [1.82, 2.24) is 5.32 Å². The molecule has 2 saturated carbocycles. The third-order valence-electron chi connectivity index (χ3n) is 11.5. The Morgan fingerprint density at radius 2 is 0.778 bits per heavy atom. The van der Waals surface area contributed by atoms with Crippen LogP contribution in [0.25, 0.3) is 0 Å². The Morgan fingerprint density at radius 1 is 0.333 bits per heavy atom. The van der Waals surface area contributed by atoms with Gasteiger partial charge in [-0.3, -0.25) is 0 Å². The summed E-state index contributed by atoms with van der Waals surface area (Å²) in [5, 5.41) is 3.87. The largest absolute Gasteiger partial charge is 0.317 e. The van der Waals surface area contributed by atoms with Crippen LogP contribution in [0.15, 0.2) is 12.2 Å². The maximum atomic E-state index is 3.87. The second kappa shape index (κ2) is 15.3. The van der Waals surface area contributed by atoms with Crippen molar-refractivity contribution in [2.45, 2.75) is 180 Å². The normalized spacial score (nSPS) is 34.9. The van der Waals surface area contributed by atoms with Crippen LogP contribution in [-0.4, -0.2) is 13.1 Å². The highest BCUT2D eigenvalue weighted by molar-refractivity contribution is 4.95. The topological polar surface area (TPSA) is 12.0 Å². The van der Waals surface area contributed by atoms with Crippen LogP contribution >= 0.6 is 0 Å². The Kier molecular flexibility index (Phi) is 12.2. The molecule has 0 radical (unpaired) electrons. The second-order valence-electron chi connectivity index (χ2n) is 14.3. The van der Waals surface area contributed by atoms with E-state index in [1.807, 2.05) is 0 Å². The summed E-state index contributed by atoms with van der Waals surface area (Å²) in [4.78, 5) is 0. The summed E-state index contributed by atoms with van der Waals surface area (Å²) in [5.74, 6) is 0. The molecule has 1 aliphatic heterocycles. The van der Waals surface area contributed by atoms with Gasteiger partial charge in [0, 0.05) is 0 Å². The van der Waals surface area contributed by atoms with Gasteiger partial charge >= 0.3 is 0 Å². The molecule has 2 atom stereocenters. The van der Waals surface area contributed by atoms with Crippen LogP contribution < -0.4 is 5.32 Å². The Labute approximate surface area is 226 Å². The predicted octanol–water partition coefficient (Wildman–Crippen LogP) is 11.1. The fourth-order valence-electron chi connectivity index (χ4n) is 9.24. The summed E-state index contributed by atoms with van der Waals surface area (Å²) in [6, 6.07) is 0. The van der Waals surface area contributed by atoms with Crippen molar-refractivity contribution >= 4 is 0 Å². The number of allylic oxidation sites excluding steroid dienone is 2. The van der Waals surface area contributed by atoms with Crippen molar-refractivity contribution < 1.29 is 0 Å². The molecule has 1 nitrogen and oxygen atoms in total. The molecular weight excluding hydrogens is 434 g/mol. The first-order valence-electron chi connectivity index (χ1n) is 17.1. The lowest BCUT2D eigenvalue weighted by Gasteiger charge is -2.47. The highest BCUT2D eigenvalue weighted by Crippen LogP contribution is 2.55. The molecule has 1 N–H and O–H groups in total. The van der Waals surface area contributed by atoms with Gasteiger partial charge in [0.2, 0.25) is 0 Å². The first-order valence-corrected chi connectivity index (χ1v) is 17.1. The van der Waals surface area contributed by atoms with E-state index < -0.39 is 0 Å². The summed E-state index contributed by atoms with van der Waals surface area (Å²) in [7, 11) is 0. The Balaban J connectivity index is 1.56. The smallest absolute Gasteiger partial charge is 0.00436 e. The van der Waals surface area contributed by atoms with Gasteiger partial charge in [-0.15, -0.1) is 0 Å². The molecule has 0 bridgehead atoms. The molecular formula is C35H63N. The molecule has 0 aromatic carbocycles. The highest BCUT2D eigenvalue weighted by atomic mass is 14.8. The molecule has 0 aromatic rings. The zero-order chi connectivity index (χ0) is 24.8. The first-order chi connectivity index (χ1) is 17.7. The monoisotopic (exact) mass is 497 g/mol. The van der Waals surface area contributed by atoms with Gasteiger partial charge in [-0.25, -0.2) is 0 Å². The molecule has 4 rings (SSSR count). The molecule has 0 amide bonds. The van der Waals surface area contributed by atoms with Crippen LogP contribution in [0.5, 0.6) is 0 Å². The third kappa shape index (κ3) is 9.17. The van der Waals surface area contributed by atoms with Crippen molar-refractivity contribution in [3.63, 3.8) is 0 Å². The Hall–Kier alpha value is -0.300. The van der Waals surface area contributed by atoms with Crippen LogP contribution in [-0.2, 0) is 0 Å². The zero-order valence-electron chi connectivity index (χ0n) is 24.4. The van der Waals surface area contributed by atoms with E-state index in [4.69, 9.17) is 0 Å². The quantitative estimate of drug-likeness (QED) is 0.328. The maximum absolute atomic E-state index is 3.87. The van der Waals surface area contributed by atoms with E-state index in [-0.39, 0.29) is 0 Å². The summed E-state index contributed by atoms with van der Waals surface area (Å²) >= 11 is 0. The fraction of sp³-hybridized carbons (Fsp3) is 0.943. The van der Waals surface area contributed by atoms with Crippen molar-refractivity contribution in [3.05, 3.63) is 12.2 Å². The molecule has 3 spiro atoms. The molecule has 36 heavy (non-hydrogen) atoms. The van der Waals surface area contributed by atoms with Gasteiger partial charge in [0.15, 0.2) is 0 Å². The van der Waals surface area contributed by atoms with Crippen LogP contribution in [0.4, 0.5) is 0 Å². The van der Waals surface area contributed by atoms with Gasteiger partial charge in [-0.05, 0) is 132 Å². The van der Waals surface area contributed by atoms with E-state index in [1.165, 1.54) is 148 Å². The van der Waals surface area contributed by atoms with Crippen LogP contribution in [0, 0.1) is 16.2 Å².